The van der Waals surface area contributed by atoms with E-state index in [1.807, 2.05) is 0 Å². The van der Waals surface area contributed by atoms with Gasteiger partial charge in [0.05, 0.1) is 23.1 Å². The van der Waals surface area contributed by atoms with Crippen molar-refractivity contribution in [1.82, 2.24) is 14.9 Å². The first-order valence-electron chi connectivity index (χ1n) is 8.78. The molecule has 2 aromatic carbocycles. The van der Waals surface area contributed by atoms with Gasteiger partial charge < -0.3 is 11.1 Å². The van der Waals surface area contributed by atoms with Gasteiger partial charge in [0.1, 0.15) is 12.4 Å². The summed E-state index contributed by atoms with van der Waals surface area (Å²) in [5.74, 6) is -2.07. The van der Waals surface area contributed by atoms with Gasteiger partial charge in [-0.2, -0.15) is 0 Å². The third-order valence-electron chi connectivity index (χ3n) is 4.44. The van der Waals surface area contributed by atoms with Gasteiger partial charge in [-0.25, -0.2) is 9.37 Å². The van der Waals surface area contributed by atoms with Gasteiger partial charge >= 0.3 is 0 Å². The van der Waals surface area contributed by atoms with Crippen LogP contribution in [-0.2, 0) is 22.6 Å². The zero-order chi connectivity index (χ0) is 21.0. The summed E-state index contributed by atoms with van der Waals surface area (Å²) in [5, 5.41) is 3.01. The number of primary amides is 1. The molecule has 0 aliphatic rings. The van der Waals surface area contributed by atoms with E-state index >= 15 is 0 Å². The molecule has 0 aliphatic heterocycles. The number of hydrogen-bond acceptors (Lipinski definition) is 4. The largest absolute Gasteiger partial charge is 0.369 e. The summed E-state index contributed by atoms with van der Waals surface area (Å²) < 4.78 is 14.9. The second-order valence-corrected chi connectivity index (χ2v) is 7.49. The normalized spacial score (nSPS) is 11.9. The van der Waals surface area contributed by atoms with Gasteiger partial charge in [0.25, 0.3) is 5.56 Å². The van der Waals surface area contributed by atoms with Gasteiger partial charge in [-0.15, -0.1) is 0 Å². The number of aromatic nitrogens is 2. The number of nitrogens with zero attached hydrogens (tertiary/aromatic N) is 2. The Bertz CT molecular complexity index is 1110. The van der Waals surface area contributed by atoms with E-state index < -0.39 is 17.7 Å². The van der Waals surface area contributed by atoms with Crippen LogP contribution in [0.3, 0.4) is 0 Å². The maximum Gasteiger partial charge on any atom is 0.261 e. The van der Waals surface area contributed by atoms with E-state index in [1.165, 1.54) is 23.0 Å². The highest BCUT2D eigenvalue weighted by molar-refractivity contribution is 9.10. The summed E-state index contributed by atoms with van der Waals surface area (Å²) in [6.07, 6.45) is 1.57. The molecule has 7 nitrogen and oxygen atoms in total. The van der Waals surface area contributed by atoms with Crippen molar-refractivity contribution in [3.05, 3.63) is 75.0 Å². The van der Waals surface area contributed by atoms with E-state index in [4.69, 9.17) is 5.73 Å². The van der Waals surface area contributed by atoms with Crippen LogP contribution in [0, 0.1) is 11.7 Å². The third kappa shape index (κ3) is 5.26. The minimum Gasteiger partial charge on any atom is -0.369 e. The molecular weight excluding hydrogens is 443 g/mol. The van der Waals surface area contributed by atoms with Crippen molar-refractivity contribution in [2.24, 2.45) is 11.7 Å². The molecule has 1 atom stereocenters. The average Bonchev–Trinajstić information content (AvgIpc) is 2.69. The van der Waals surface area contributed by atoms with Gasteiger partial charge in [0, 0.05) is 11.0 Å². The van der Waals surface area contributed by atoms with Crippen molar-refractivity contribution >= 4 is 38.6 Å². The standard InChI is InChI=1S/C20H18BrFN4O3/c21-14-3-6-17-16(8-14)20(29)26(11-25-17)10-18(27)24-9-13(19(23)28)7-12-1-4-15(22)5-2-12/h1-6,8,11,13H,7,9-10H2,(H2,23,28)(H,24,27). The Morgan fingerprint density at radius 1 is 1.21 bits per heavy atom. The molecule has 1 unspecified atom stereocenters. The predicted octanol–water partition coefficient (Wildman–Crippen LogP) is 1.76. The van der Waals surface area contributed by atoms with Crippen molar-refractivity contribution in [3.8, 4) is 0 Å². The van der Waals surface area contributed by atoms with Gasteiger partial charge in [-0.3, -0.25) is 19.0 Å². The molecule has 3 N–H and O–H groups in total. The van der Waals surface area contributed by atoms with Crippen molar-refractivity contribution < 1.29 is 14.0 Å². The molecule has 0 spiro atoms. The van der Waals surface area contributed by atoms with E-state index in [0.717, 1.165) is 10.0 Å². The summed E-state index contributed by atoms with van der Waals surface area (Å²) in [4.78, 5) is 40.7. The lowest BCUT2D eigenvalue weighted by atomic mass is 9.98. The number of nitrogens with two attached hydrogens (primary N) is 1. The lowest BCUT2D eigenvalue weighted by Gasteiger charge is -2.15. The van der Waals surface area contributed by atoms with Crippen molar-refractivity contribution in [3.63, 3.8) is 0 Å². The van der Waals surface area contributed by atoms with Crippen LogP contribution >= 0.6 is 15.9 Å². The van der Waals surface area contributed by atoms with Crippen LogP contribution in [-0.4, -0.2) is 27.9 Å². The molecule has 2 amide bonds. The Hall–Kier alpha value is -3.07. The highest BCUT2D eigenvalue weighted by atomic mass is 79.9. The molecule has 150 valence electrons. The van der Waals surface area contributed by atoms with Crippen LogP contribution in [0.5, 0.6) is 0 Å². The minimum atomic E-state index is -0.660. The van der Waals surface area contributed by atoms with E-state index in [1.54, 1.807) is 30.3 Å². The monoisotopic (exact) mass is 460 g/mol. The number of fused-ring (bicyclic) bond motifs is 1. The van der Waals surface area contributed by atoms with Crippen molar-refractivity contribution in [2.45, 2.75) is 13.0 Å². The molecule has 3 aromatic rings. The summed E-state index contributed by atoms with van der Waals surface area (Å²) in [7, 11) is 0. The maximum atomic E-state index is 13.0. The Morgan fingerprint density at radius 3 is 2.62 bits per heavy atom. The molecule has 0 radical (unpaired) electrons. The van der Waals surface area contributed by atoms with Crippen LogP contribution in [0.2, 0.25) is 0 Å². The molecule has 0 aliphatic carbocycles. The van der Waals surface area contributed by atoms with Gasteiger partial charge in [0.15, 0.2) is 0 Å². The summed E-state index contributed by atoms with van der Waals surface area (Å²) >= 11 is 3.31. The number of carbonyl (C=O) groups excluding carboxylic acids is 2. The first-order valence-corrected chi connectivity index (χ1v) is 9.58. The number of benzene rings is 2. The number of halogens is 2. The van der Waals surface area contributed by atoms with E-state index in [-0.39, 0.29) is 30.9 Å². The van der Waals surface area contributed by atoms with E-state index in [0.29, 0.717) is 10.9 Å². The Labute approximate surface area is 173 Å². The molecule has 3 rings (SSSR count). The lowest BCUT2D eigenvalue weighted by Crippen LogP contribution is -2.39. The average molecular weight is 461 g/mol. The fourth-order valence-electron chi connectivity index (χ4n) is 2.87. The Balaban J connectivity index is 1.65. The van der Waals surface area contributed by atoms with Crippen LogP contribution < -0.4 is 16.6 Å². The topological polar surface area (TPSA) is 107 Å². The second-order valence-electron chi connectivity index (χ2n) is 6.57. The number of hydrogen-bond donors (Lipinski definition) is 2. The van der Waals surface area contributed by atoms with Gasteiger partial charge in [-0.05, 0) is 42.3 Å². The third-order valence-corrected chi connectivity index (χ3v) is 4.94. The summed E-state index contributed by atoms with van der Waals surface area (Å²) in [6.45, 7) is -0.233. The number of nitrogens with one attached hydrogen (secondary N) is 1. The van der Waals surface area contributed by atoms with Gasteiger partial charge in [0.2, 0.25) is 11.8 Å². The molecule has 0 fully saturated rings. The number of rotatable bonds is 7. The fraction of sp³-hybridized carbons (Fsp3) is 0.200. The zero-order valence-electron chi connectivity index (χ0n) is 15.3. The molecular formula is C20H18BrFN4O3. The van der Waals surface area contributed by atoms with Crippen LogP contribution in [0.25, 0.3) is 10.9 Å². The zero-order valence-corrected chi connectivity index (χ0v) is 16.9. The fourth-order valence-corrected chi connectivity index (χ4v) is 3.23. The summed E-state index contributed by atoms with van der Waals surface area (Å²) in [6, 6.07) is 10.8. The van der Waals surface area contributed by atoms with Crippen LogP contribution in [0.4, 0.5) is 4.39 Å². The van der Waals surface area contributed by atoms with E-state index in [9.17, 15) is 18.8 Å². The van der Waals surface area contributed by atoms with Crippen LogP contribution in [0.1, 0.15) is 5.56 Å². The number of amides is 2. The van der Waals surface area contributed by atoms with Crippen LogP contribution in [0.15, 0.2) is 58.1 Å². The van der Waals surface area contributed by atoms with Crippen molar-refractivity contribution in [1.29, 1.82) is 0 Å². The second kappa shape index (κ2) is 8.95. The summed E-state index contributed by atoms with van der Waals surface area (Å²) in [5.41, 5.74) is 6.33. The van der Waals surface area contributed by atoms with E-state index in [2.05, 4.69) is 26.2 Å². The van der Waals surface area contributed by atoms with Gasteiger partial charge in [-0.1, -0.05) is 28.1 Å². The SMILES string of the molecule is NC(=O)C(CNC(=O)Cn1cnc2ccc(Br)cc2c1=O)Cc1ccc(F)cc1. The van der Waals surface area contributed by atoms with Crippen molar-refractivity contribution in [2.75, 3.05) is 6.54 Å². The highest BCUT2D eigenvalue weighted by Gasteiger charge is 2.18. The first-order chi connectivity index (χ1) is 13.8. The minimum absolute atomic E-state index is 0.00680. The predicted molar refractivity (Wildman–Crippen MR) is 110 cm³/mol. The lowest BCUT2D eigenvalue weighted by molar-refractivity contribution is -0.123. The highest BCUT2D eigenvalue weighted by Crippen LogP contribution is 2.15. The number of carbonyl (C=O) groups is 2. The molecule has 0 bridgehead atoms. The molecule has 1 heterocycles. The molecule has 1 aromatic heterocycles. The smallest absolute Gasteiger partial charge is 0.261 e. The Morgan fingerprint density at radius 2 is 1.93 bits per heavy atom. The Kier molecular flexibility index (Phi) is 6.38. The quantitative estimate of drug-likeness (QED) is 0.559. The first kappa shape index (κ1) is 20.7. The molecule has 0 saturated carbocycles. The maximum absolute atomic E-state index is 13.0. The molecule has 0 saturated heterocycles. The molecule has 29 heavy (non-hydrogen) atoms. The molecule has 9 heteroatoms.